The highest BCUT2D eigenvalue weighted by atomic mass is 16.5. The lowest BCUT2D eigenvalue weighted by Gasteiger charge is -2.31. The van der Waals surface area contributed by atoms with E-state index in [2.05, 4.69) is 39.6 Å². The fourth-order valence-electron chi connectivity index (χ4n) is 4.89. The van der Waals surface area contributed by atoms with Crippen molar-refractivity contribution in [3.8, 4) is 0 Å². The van der Waals surface area contributed by atoms with Gasteiger partial charge in [0.1, 0.15) is 36.3 Å². The lowest BCUT2D eigenvalue weighted by atomic mass is 9.97. The van der Waals surface area contributed by atoms with Crippen molar-refractivity contribution in [1.82, 2.24) is 26.6 Å². The molecule has 14 nitrogen and oxygen atoms in total. The number of amides is 5. The molecule has 1 fully saturated rings. The van der Waals surface area contributed by atoms with E-state index in [4.69, 9.17) is 4.74 Å². The minimum absolute atomic E-state index is 0.0734. The Morgan fingerprint density at radius 1 is 0.787 bits per heavy atom. The lowest BCUT2D eigenvalue weighted by Crippen LogP contribution is -2.63. The van der Waals surface area contributed by atoms with Crippen LogP contribution in [0.2, 0.25) is 0 Å². The van der Waals surface area contributed by atoms with Gasteiger partial charge in [0, 0.05) is 6.42 Å². The van der Waals surface area contributed by atoms with Gasteiger partial charge < -0.3 is 41.5 Å². The summed E-state index contributed by atoms with van der Waals surface area (Å²) >= 11 is 0. The monoisotopic (exact) mass is 667 g/mol. The van der Waals surface area contributed by atoms with Crippen LogP contribution in [-0.2, 0) is 33.5 Å². The Balaban J connectivity index is 3.29. The molecule has 0 radical (unpaired) electrons. The molecule has 0 aliphatic carbocycles. The fourth-order valence-corrected chi connectivity index (χ4v) is 4.89. The zero-order valence-corrected chi connectivity index (χ0v) is 28.8. The van der Waals surface area contributed by atoms with Crippen LogP contribution in [0, 0.1) is 11.8 Å². The van der Waals surface area contributed by atoms with Crippen LogP contribution in [0.25, 0.3) is 0 Å². The topological polar surface area (TPSA) is 212 Å². The molecule has 47 heavy (non-hydrogen) atoms. The van der Waals surface area contributed by atoms with E-state index >= 15 is 0 Å². The number of aliphatic hydroxyl groups is 2. The van der Waals surface area contributed by atoms with Gasteiger partial charge in [-0.1, -0.05) is 72.5 Å². The molecule has 0 aromatic carbocycles. The molecule has 1 rings (SSSR count). The maximum absolute atomic E-state index is 13.5. The molecule has 0 aromatic heterocycles. The third-order valence-corrected chi connectivity index (χ3v) is 8.18. The largest absolute Gasteiger partial charge is 0.458 e. The SMILES string of the molecule is CCCCCCC=CCCCC(=O)NC1C(=O)NC(CO)C(=O)NC(CO)C(=O)NC(C(C)C)C(=O)NC(C(C)CC)C(=O)OC1C. The number of allylic oxidation sites excluding steroid dienone is 2. The first-order valence-electron chi connectivity index (χ1n) is 16.9. The van der Waals surface area contributed by atoms with E-state index in [1.165, 1.54) is 26.2 Å². The molecular formula is C33H57N5O9. The van der Waals surface area contributed by atoms with E-state index in [0.717, 1.165) is 12.8 Å². The molecule has 1 saturated heterocycles. The summed E-state index contributed by atoms with van der Waals surface area (Å²) in [5.74, 6) is -5.73. The zero-order chi connectivity index (χ0) is 35.5. The molecule has 5 amide bonds. The maximum Gasteiger partial charge on any atom is 0.329 e. The molecule has 268 valence electrons. The van der Waals surface area contributed by atoms with Crippen LogP contribution in [0.5, 0.6) is 0 Å². The number of carbonyl (C=O) groups excluding carboxylic acids is 6. The number of hydrogen-bond acceptors (Lipinski definition) is 9. The molecule has 7 atom stereocenters. The van der Waals surface area contributed by atoms with Gasteiger partial charge in [-0.2, -0.15) is 0 Å². The Morgan fingerprint density at radius 3 is 1.89 bits per heavy atom. The summed E-state index contributed by atoms with van der Waals surface area (Å²) < 4.78 is 5.64. The van der Waals surface area contributed by atoms with Crippen LogP contribution < -0.4 is 26.6 Å². The van der Waals surface area contributed by atoms with Gasteiger partial charge in [0.15, 0.2) is 0 Å². The number of ether oxygens (including phenoxy) is 1. The highest BCUT2D eigenvalue weighted by Gasteiger charge is 2.38. The summed E-state index contributed by atoms with van der Waals surface area (Å²) in [6, 6.07) is -6.88. The average molecular weight is 668 g/mol. The minimum atomic E-state index is -1.58. The quantitative estimate of drug-likeness (QED) is 0.0745. The first-order chi connectivity index (χ1) is 22.3. The third-order valence-electron chi connectivity index (χ3n) is 8.18. The average Bonchev–Trinajstić information content (AvgIpc) is 3.03. The molecule has 7 unspecified atom stereocenters. The predicted molar refractivity (Wildman–Crippen MR) is 175 cm³/mol. The second-order valence-electron chi connectivity index (χ2n) is 12.5. The van der Waals surface area contributed by atoms with Gasteiger partial charge in [0.2, 0.25) is 29.5 Å². The van der Waals surface area contributed by atoms with Gasteiger partial charge in [0.05, 0.1) is 13.2 Å². The Morgan fingerprint density at radius 2 is 1.34 bits per heavy atom. The predicted octanol–water partition coefficient (Wildman–Crippen LogP) is 0.739. The number of carbonyl (C=O) groups is 6. The van der Waals surface area contributed by atoms with E-state index in [1.807, 2.05) is 13.0 Å². The number of rotatable bonds is 15. The molecule has 0 aromatic rings. The van der Waals surface area contributed by atoms with Crippen LogP contribution in [-0.4, -0.2) is 95.2 Å². The minimum Gasteiger partial charge on any atom is -0.458 e. The van der Waals surface area contributed by atoms with E-state index < -0.39 is 96.9 Å². The van der Waals surface area contributed by atoms with Gasteiger partial charge in [0.25, 0.3) is 0 Å². The van der Waals surface area contributed by atoms with Crippen molar-refractivity contribution in [2.24, 2.45) is 11.8 Å². The molecule has 1 aliphatic heterocycles. The van der Waals surface area contributed by atoms with E-state index in [0.29, 0.717) is 19.3 Å². The zero-order valence-electron chi connectivity index (χ0n) is 28.8. The van der Waals surface area contributed by atoms with Crippen molar-refractivity contribution in [2.45, 2.75) is 136 Å². The van der Waals surface area contributed by atoms with Crippen LogP contribution in [0.15, 0.2) is 12.2 Å². The summed E-state index contributed by atoms with van der Waals surface area (Å²) in [7, 11) is 0. The fraction of sp³-hybridized carbons (Fsp3) is 0.758. The summed E-state index contributed by atoms with van der Waals surface area (Å²) in [5, 5.41) is 32.1. The van der Waals surface area contributed by atoms with Crippen molar-refractivity contribution >= 4 is 35.5 Å². The van der Waals surface area contributed by atoms with Crippen molar-refractivity contribution in [1.29, 1.82) is 0 Å². The third kappa shape index (κ3) is 14.4. The second kappa shape index (κ2) is 22.1. The van der Waals surface area contributed by atoms with Gasteiger partial charge in [-0.3, -0.25) is 24.0 Å². The second-order valence-corrected chi connectivity index (χ2v) is 12.5. The highest BCUT2D eigenvalue weighted by molar-refractivity contribution is 5.96. The Kier molecular flexibility index (Phi) is 19.5. The van der Waals surface area contributed by atoms with Crippen LogP contribution in [0.4, 0.5) is 0 Å². The molecule has 0 spiro atoms. The normalized spacial score (nSPS) is 25.9. The summed E-state index contributed by atoms with van der Waals surface area (Å²) in [4.78, 5) is 79.1. The Labute approximate surface area is 278 Å². The Hall–Kier alpha value is -3.52. The van der Waals surface area contributed by atoms with Crippen molar-refractivity contribution in [3.63, 3.8) is 0 Å². The lowest BCUT2D eigenvalue weighted by molar-refractivity contribution is -0.157. The summed E-state index contributed by atoms with van der Waals surface area (Å²) in [6.45, 7) is 8.71. The van der Waals surface area contributed by atoms with E-state index in [9.17, 15) is 39.0 Å². The molecule has 0 bridgehead atoms. The van der Waals surface area contributed by atoms with Gasteiger partial charge >= 0.3 is 5.97 Å². The molecule has 0 saturated carbocycles. The van der Waals surface area contributed by atoms with Crippen LogP contribution in [0.1, 0.15) is 99.3 Å². The molecule has 1 aliphatic rings. The summed E-state index contributed by atoms with van der Waals surface area (Å²) in [6.07, 6.45) is 10.2. The number of nitrogens with one attached hydrogen (secondary N) is 5. The molecule has 1 heterocycles. The molecular weight excluding hydrogens is 610 g/mol. The van der Waals surface area contributed by atoms with E-state index in [1.54, 1.807) is 20.8 Å². The number of unbranched alkanes of at least 4 members (excludes halogenated alkanes) is 5. The first-order valence-corrected chi connectivity index (χ1v) is 16.9. The van der Waals surface area contributed by atoms with Gasteiger partial charge in [-0.05, 0) is 44.4 Å². The van der Waals surface area contributed by atoms with E-state index in [-0.39, 0.29) is 6.42 Å². The van der Waals surface area contributed by atoms with Crippen LogP contribution in [0.3, 0.4) is 0 Å². The number of esters is 1. The smallest absolute Gasteiger partial charge is 0.329 e. The number of hydrogen-bond donors (Lipinski definition) is 7. The van der Waals surface area contributed by atoms with Crippen molar-refractivity contribution in [2.75, 3.05) is 13.2 Å². The van der Waals surface area contributed by atoms with Crippen LogP contribution >= 0.6 is 0 Å². The molecule has 7 N–H and O–H groups in total. The number of aliphatic hydroxyl groups excluding tert-OH is 2. The van der Waals surface area contributed by atoms with Crippen molar-refractivity contribution in [3.05, 3.63) is 12.2 Å². The molecule has 14 heteroatoms. The standard InChI is InChI=1S/C33H57N5O9/c1-7-9-10-11-12-13-14-15-16-17-25(41)36-28-22(6)47-33(46)27(21(5)8-2)38-31(44)26(20(3)4)37-30(43)24(19-40)34-29(42)23(18-39)35-32(28)45/h13-14,20-24,26-28,39-40H,7-12,15-19H2,1-6H3,(H,34,42)(H,35,45)(H,36,41)(H,37,43)(H,38,44). The first kappa shape index (κ1) is 41.5. The maximum atomic E-state index is 13.5. The number of cyclic esters (lactones) is 1. The van der Waals surface area contributed by atoms with Crippen molar-refractivity contribution < 1.29 is 43.7 Å². The summed E-state index contributed by atoms with van der Waals surface area (Å²) in [5.41, 5.74) is 0. The van der Waals surface area contributed by atoms with Gasteiger partial charge in [-0.15, -0.1) is 0 Å². The highest BCUT2D eigenvalue weighted by Crippen LogP contribution is 2.14. The van der Waals surface area contributed by atoms with Gasteiger partial charge in [-0.25, -0.2) is 4.79 Å². The Bertz CT molecular complexity index is 1070.